The molecule has 1 aromatic carbocycles. The van der Waals surface area contributed by atoms with Gasteiger partial charge in [-0.05, 0) is 42.6 Å². The number of anilines is 1. The maximum atomic E-state index is 6.12. The number of nitrogens with zero attached hydrogens (tertiary/aromatic N) is 1. The van der Waals surface area contributed by atoms with Crippen molar-refractivity contribution >= 4 is 17.3 Å². The van der Waals surface area contributed by atoms with Gasteiger partial charge in [0.25, 0.3) is 0 Å². The summed E-state index contributed by atoms with van der Waals surface area (Å²) in [6, 6.07) is 6.30. The third-order valence-corrected chi connectivity index (χ3v) is 4.17. The van der Waals surface area contributed by atoms with Crippen LogP contribution in [0, 0.1) is 5.92 Å². The number of fused-ring (bicyclic) bond motifs is 3. The summed E-state index contributed by atoms with van der Waals surface area (Å²) in [7, 11) is 2.19. The Balaban J connectivity index is 2.05. The average Bonchev–Trinajstić information content (AvgIpc) is 2.29. The van der Waals surface area contributed by atoms with Gasteiger partial charge in [-0.2, -0.15) is 0 Å². The molecule has 2 unspecified atom stereocenters. The SMILES string of the molecule is CN1CC2CCNCC2c2cc(Cl)ccc21. The molecule has 2 nitrogen and oxygen atoms in total. The predicted molar refractivity (Wildman–Crippen MR) is 68.4 cm³/mol. The molecule has 0 bridgehead atoms. The van der Waals surface area contributed by atoms with Crippen molar-refractivity contribution in [1.29, 1.82) is 0 Å². The number of halogens is 1. The van der Waals surface area contributed by atoms with Gasteiger partial charge in [0.2, 0.25) is 0 Å². The van der Waals surface area contributed by atoms with Crippen molar-refractivity contribution in [3.63, 3.8) is 0 Å². The Kier molecular flexibility index (Phi) is 2.56. The number of piperidine rings is 1. The summed E-state index contributed by atoms with van der Waals surface area (Å²) in [5, 5.41) is 4.36. The molecule has 16 heavy (non-hydrogen) atoms. The summed E-state index contributed by atoms with van der Waals surface area (Å²) in [4.78, 5) is 2.37. The average molecular weight is 237 g/mol. The Morgan fingerprint density at radius 2 is 2.31 bits per heavy atom. The number of benzene rings is 1. The van der Waals surface area contributed by atoms with E-state index in [1.165, 1.54) is 24.2 Å². The Morgan fingerprint density at radius 3 is 3.19 bits per heavy atom. The standard InChI is InChI=1S/C13H17ClN2/c1-16-8-9-4-5-15-7-12(9)11-6-10(14)2-3-13(11)16/h2-3,6,9,12,15H,4-5,7-8H2,1H3. The van der Waals surface area contributed by atoms with E-state index < -0.39 is 0 Å². The molecule has 0 spiro atoms. The third kappa shape index (κ3) is 1.61. The summed E-state index contributed by atoms with van der Waals surface area (Å²) >= 11 is 6.12. The molecule has 3 rings (SSSR count). The molecular formula is C13H17ClN2. The van der Waals surface area contributed by atoms with Gasteiger partial charge < -0.3 is 10.2 Å². The van der Waals surface area contributed by atoms with Crippen LogP contribution < -0.4 is 10.2 Å². The van der Waals surface area contributed by atoms with E-state index in [0.717, 1.165) is 24.0 Å². The van der Waals surface area contributed by atoms with Crippen LogP contribution in [0.5, 0.6) is 0 Å². The highest BCUT2D eigenvalue weighted by atomic mass is 35.5. The fourth-order valence-corrected chi connectivity index (χ4v) is 3.30. The highest BCUT2D eigenvalue weighted by Gasteiger charge is 2.33. The smallest absolute Gasteiger partial charge is 0.0410 e. The van der Waals surface area contributed by atoms with Crippen molar-refractivity contribution in [1.82, 2.24) is 5.32 Å². The van der Waals surface area contributed by atoms with Crippen molar-refractivity contribution in [3.05, 3.63) is 28.8 Å². The highest BCUT2D eigenvalue weighted by Crippen LogP contribution is 2.41. The molecule has 2 aliphatic rings. The lowest BCUT2D eigenvalue weighted by molar-refractivity contribution is 0.317. The predicted octanol–water partition coefficient (Wildman–Crippen LogP) is 2.48. The molecule has 1 N–H and O–H groups in total. The normalized spacial score (nSPS) is 28.5. The summed E-state index contributed by atoms with van der Waals surface area (Å²) < 4.78 is 0. The van der Waals surface area contributed by atoms with E-state index >= 15 is 0 Å². The van der Waals surface area contributed by atoms with Gasteiger partial charge in [-0.15, -0.1) is 0 Å². The quantitative estimate of drug-likeness (QED) is 0.745. The summed E-state index contributed by atoms with van der Waals surface area (Å²) in [6.07, 6.45) is 1.28. The van der Waals surface area contributed by atoms with Crippen LogP contribution in [0.25, 0.3) is 0 Å². The fourth-order valence-electron chi connectivity index (χ4n) is 3.12. The monoisotopic (exact) mass is 236 g/mol. The molecule has 86 valence electrons. The maximum Gasteiger partial charge on any atom is 0.0410 e. The van der Waals surface area contributed by atoms with Crippen LogP contribution in [0.15, 0.2) is 18.2 Å². The van der Waals surface area contributed by atoms with Gasteiger partial charge in [-0.1, -0.05) is 11.6 Å². The summed E-state index contributed by atoms with van der Waals surface area (Å²) in [6.45, 7) is 3.44. The first-order valence-electron chi connectivity index (χ1n) is 5.97. The first kappa shape index (κ1) is 10.4. The van der Waals surface area contributed by atoms with Gasteiger partial charge >= 0.3 is 0 Å². The Morgan fingerprint density at radius 1 is 1.44 bits per heavy atom. The molecule has 2 aliphatic heterocycles. The second-order valence-corrected chi connectivity index (χ2v) is 5.38. The lowest BCUT2D eigenvalue weighted by Crippen LogP contribution is -2.44. The van der Waals surface area contributed by atoms with E-state index in [9.17, 15) is 0 Å². The number of nitrogens with one attached hydrogen (secondary N) is 1. The van der Waals surface area contributed by atoms with Crippen LogP contribution in [-0.2, 0) is 0 Å². The molecule has 2 heterocycles. The van der Waals surface area contributed by atoms with Gasteiger partial charge in [-0.3, -0.25) is 0 Å². The van der Waals surface area contributed by atoms with E-state index in [1.807, 2.05) is 6.07 Å². The van der Waals surface area contributed by atoms with E-state index in [2.05, 4.69) is 29.4 Å². The maximum absolute atomic E-state index is 6.12. The van der Waals surface area contributed by atoms with Gasteiger partial charge in [0.15, 0.2) is 0 Å². The second kappa shape index (κ2) is 3.94. The zero-order valence-electron chi connectivity index (χ0n) is 9.54. The minimum atomic E-state index is 0.652. The Labute approximate surface area is 102 Å². The van der Waals surface area contributed by atoms with E-state index in [1.54, 1.807) is 0 Å². The first-order valence-corrected chi connectivity index (χ1v) is 6.35. The van der Waals surface area contributed by atoms with Crippen LogP contribution in [0.1, 0.15) is 17.9 Å². The Bertz CT molecular complexity index is 405. The first-order chi connectivity index (χ1) is 7.75. The second-order valence-electron chi connectivity index (χ2n) is 4.94. The highest BCUT2D eigenvalue weighted by molar-refractivity contribution is 6.30. The van der Waals surface area contributed by atoms with E-state index in [-0.39, 0.29) is 0 Å². The van der Waals surface area contributed by atoms with E-state index in [0.29, 0.717) is 5.92 Å². The van der Waals surface area contributed by atoms with Gasteiger partial charge in [0, 0.05) is 36.8 Å². The lowest BCUT2D eigenvalue weighted by atomic mass is 9.77. The Hall–Kier alpha value is -0.730. The summed E-state index contributed by atoms with van der Waals surface area (Å²) in [5.41, 5.74) is 2.78. The minimum Gasteiger partial charge on any atom is -0.374 e. The van der Waals surface area contributed by atoms with Gasteiger partial charge in [0.1, 0.15) is 0 Å². The van der Waals surface area contributed by atoms with Crippen molar-refractivity contribution in [2.75, 3.05) is 31.6 Å². The summed E-state index contributed by atoms with van der Waals surface area (Å²) in [5.74, 6) is 1.44. The van der Waals surface area contributed by atoms with Gasteiger partial charge in [0.05, 0.1) is 0 Å². The number of hydrogen-bond donors (Lipinski definition) is 1. The largest absolute Gasteiger partial charge is 0.374 e. The number of hydrogen-bond acceptors (Lipinski definition) is 2. The van der Waals surface area contributed by atoms with E-state index in [4.69, 9.17) is 11.6 Å². The molecule has 2 atom stereocenters. The molecule has 3 heteroatoms. The molecule has 1 aromatic rings. The molecule has 1 fully saturated rings. The van der Waals surface area contributed by atoms with Crippen molar-refractivity contribution in [3.8, 4) is 0 Å². The molecular weight excluding hydrogens is 220 g/mol. The van der Waals surface area contributed by atoms with Crippen LogP contribution >= 0.6 is 11.6 Å². The van der Waals surface area contributed by atoms with Crippen molar-refractivity contribution < 1.29 is 0 Å². The molecule has 0 radical (unpaired) electrons. The molecule has 1 saturated heterocycles. The van der Waals surface area contributed by atoms with Crippen LogP contribution in [0.3, 0.4) is 0 Å². The zero-order valence-corrected chi connectivity index (χ0v) is 10.3. The molecule has 0 saturated carbocycles. The fraction of sp³-hybridized carbons (Fsp3) is 0.538. The van der Waals surface area contributed by atoms with Crippen molar-refractivity contribution in [2.45, 2.75) is 12.3 Å². The molecule has 0 amide bonds. The third-order valence-electron chi connectivity index (χ3n) is 3.93. The minimum absolute atomic E-state index is 0.652. The number of rotatable bonds is 0. The lowest BCUT2D eigenvalue weighted by Gasteiger charge is -2.42. The van der Waals surface area contributed by atoms with Crippen molar-refractivity contribution in [2.24, 2.45) is 5.92 Å². The topological polar surface area (TPSA) is 15.3 Å². The molecule has 0 aromatic heterocycles. The van der Waals surface area contributed by atoms with Crippen LogP contribution in [0.2, 0.25) is 5.02 Å². The molecule has 0 aliphatic carbocycles. The van der Waals surface area contributed by atoms with Crippen LogP contribution in [-0.4, -0.2) is 26.7 Å². The van der Waals surface area contributed by atoms with Crippen LogP contribution in [0.4, 0.5) is 5.69 Å². The zero-order chi connectivity index (χ0) is 11.1. The van der Waals surface area contributed by atoms with Gasteiger partial charge in [-0.25, -0.2) is 0 Å².